The maximum Gasteiger partial charge on any atom is 0.133 e. The lowest BCUT2D eigenvalue weighted by Gasteiger charge is -2.18. The van der Waals surface area contributed by atoms with E-state index in [-0.39, 0.29) is 5.56 Å². The number of halogens is 3. The molecule has 0 aliphatic carbocycles. The normalized spacial score (nSPS) is 12.7. The molecule has 3 nitrogen and oxygen atoms in total. The Morgan fingerprint density at radius 3 is 2.33 bits per heavy atom. The smallest absolute Gasteiger partial charge is 0.133 e. The van der Waals surface area contributed by atoms with E-state index in [1.807, 2.05) is 19.9 Å². The summed E-state index contributed by atoms with van der Waals surface area (Å²) < 4.78 is 42.6. The summed E-state index contributed by atoms with van der Waals surface area (Å²) in [4.78, 5) is 0. The Labute approximate surface area is 121 Å². The zero-order valence-electron chi connectivity index (χ0n) is 12.3. The molecule has 0 saturated heterocycles. The molecule has 2 aromatic rings. The van der Waals surface area contributed by atoms with Crippen molar-refractivity contribution in [1.29, 1.82) is 0 Å². The quantitative estimate of drug-likeness (QED) is 0.919. The van der Waals surface area contributed by atoms with Crippen LogP contribution in [-0.4, -0.2) is 16.8 Å². The van der Waals surface area contributed by atoms with Crippen molar-refractivity contribution in [1.82, 2.24) is 15.1 Å². The summed E-state index contributed by atoms with van der Waals surface area (Å²) in [5.74, 6) is -2.68. The second-order valence-corrected chi connectivity index (χ2v) is 4.92. The third-order valence-electron chi connectivity index (χ3n) is 3.44. The van der Waals surface area contributed by atoms with Gasteiger partial charge in [0.15, 0.2) is 0 Å². The molecule has 0 aliphatic rings. The highest BCUT2D eigenvalue weighted by molar-refractivity contribution is 5.26. The van der Waals surface area contributed by atoms with Crippen molar-refractivity contribution in [3.05, 3.63) is 52.6 Å². The molecular formula is C15H18F3N3. The zero-order chi connectivity index (χ0) is 15.6. The fraction of sp³-hybridized carbons (Fsp3) is 0.400. The third-order valence-corrected chi connectivity index (χ3v) is 3.44. The minimum absolute atomic E-state index is 0.152. The van der Waals surface area contributed by atoms with Gasteiger partial charge in [-0.1, -0.05) is 0 Å². The van der Waals surface area contributed by atoms with Crippen molar-refractivity contribution in [2.75, 3.05) is 7.05 Å². The highest BCUT2D eigenvalue weighted by Crippen LogP contribution is 2.25. The van der Waals surface area contributed by atoms with Crippen LogP contribution in [0.1, 0.15) is 29.9 Å². The Kier molecular flexibility index (Phi) is 4.67. The zero-order valence-corrected chi connectivity index (χ0v) is 12.3. The van der Waals surface area contributed by atoms with Crippen molar-refractivity contribution >= 4 is 0 Å². The van der Waals surface area contributed by atoms with Crippen molar-refractivity contribution < 1.29 is 13.2 Å². The monoisotopic (exact) mass is 297 g/mol. The average molecular weight is 297 g/mol. The Morgan fingerprint density at radius 2 is 1.81 bits per heavy atom. The van der Waals surface area contributed by atoms with Crippen molar-refractivity contribution in [2.24, 2.45) is 0 Å². The molecule has 0 saturated carbocycles. The second-order valence-electron chi connectivity index (χ2n) is 4.92. The van der Waals surface area contributed by atoms with Crippen LogP contribution >= 0.6 is 0 Å². The van der Waals surface area contributed by atoms with E-state index in [1.54, 1.807) is 11.7 Å². The predicted octanol–water partition coefficient (Wildman–Crippen LogP) is 3.13. The highest BCUT2D eigenvalue weighted by Gasteiger charge is 2.22. The van der Waals surface area contributed by atoms with E-state index < -0.39 is 23.5 Å². The standard InChI is InChI=1S/C15H18F3N3/c1-4-21-11(5-9(2)20-21)8-14(19-3)15-12(17)6-10(16)7-13(15)18/h5-7,14,19H,4,8H2,1-3H3. The molecule has 6 heteroatoms. The second kappa shape index (κ2) is 6.30. The van der Waals surface area contributed by atoms with E-state index in [0.717, 1.165) is 11.4 Å². The largest absolute Gasteiger partial charge is 0.312 e. The fourth-order valence-corrected chi connectivity index (χ4v) is 2.48. The first-order valence-electron chi connectivity index (χ1n) is 6.81. The van der Waals surface area contributed by atoms with Gasteiger partial charge in [0, 0.05) is 42.4 Å². The van der Waals surface area contributed by atoms with Crippen LogP contribution in [0.25, 0.3) is 0 Å². The number of nitrogens with one attached hydrogen (secondary N) is 1. The molecule has 1 unspecified atom stereocenters. The van der Waals surface area contributed by atoms with Gasteiger partial charge in [0.2, 0.25) is 0 Å². The number of nitrogens with zero attached hydrogens (tertiary/aromatic N) is 2. The Bertz CT molecular complexity index is 614. The van der Waals surface area contributed by atoms with Crippen LogP contribution in [0.2, 0.25) is 0 Å². The molecule has 0 bridgehead atoms. The summed E-state index contributed by atoms with van der Waals surface area (Å²) in [5, 5.41) is 7.20. The number of hydrogen-bond donors (Lipinski definition) is 1. The van der Waals surface area contributed by atoms with Crippen LogP contribution in [-0.2, 0) is 13.0 Å². The molecule has 0 fully saturated rings. The third kappa shape index (κ3) is 3.26. The predicted molar refractivity (Wildman–Crippen MR) is 74.5 cm³/mol. The molecule has 1 N–H and O–H groups in total. The number of aryl methyl sites for hydroxylation is 2. The lowest BCUT2D eigenvalue weighted by molar-refractivity contribution is 0.465. The van der Waals surface area contributed by atoms with Crippen LogP contribution in [0.5, 0.6) is 0 Å². The van der Waals surface area contributed by atoms with E-state index in [0.29, 0.717) is 25.1 Å². The van der Waals surface area contributed by atoms with Gasteiger partial charge >= 0.3 is 0 Å². The minimum atomic E-state index is -0.918. The van der Waals surface area contributed by atoms with Gasteiger partial charge in [0.1, 0.15) is 17.5 Å². The highest BCUT2D eigenvalue weighted by atomic mass is 19.1. The van der Waals surface area contributed by atoms with Crippen LogP contribution in [0, 0.1) is 24.4 Å². The first-order valence-corrected chi connectivity index (χ1v) is 6.81. The summed E-state index contributed by atoms with van der Waals surface area (Å²) in [6.07, 6.45) is 0.366. The Hall–Kier alpha value is -1.82. The molecule has 0 radical (unpaired) electrons. The van der Waals surface area contributed by atoms with Crippen LogP contribution in [0.4, 0.5) is 13.2 Å². The minimum Gasteiger partial charge on any atom is -0.312 e. The van der Waals surface area contributed by atoms with Gasteiger partial charge in [0.05, 0.1) is 5.69 Å². The summed E-state index contributed by atoms with van der Waals surface area (Å²) >= 11 is 0. The molecule has 21 heavy (non-hydrogen) atoms. The molecule has 0 spiro atoms. The molecule has 1 aromatic heterocycles. The van der Waals surface area contributed by atoms with E-state index >= 15 is 0 Å². The van der Waals surface area contributed by atoms with Gasteiger partial charge in [-0.15, -0.1) is 0 Å². The maximum absolute atomic E-state index is 13.9. The molecule has 0 aliphatic heterocycles. The van der Waals surface area contributed by atoms with Gasteiger partial charge in [-0.25, -0.2) is 13.2 Å². The van der Waals surface area contributed by atoms with Crippen LogP contribution in [0.15, 0.2) is 18.2 Å². The Balaban J connectivity index is 2.36. The number of benzene rings is 1. The fourth-order valence-electron chi connectivity index (χ4n) is 2.48. The van der Waals surface area contributed by atoms with E-state index in [1.165, 1.54) is 0 Å². The molecule has 1 atom stereocenters. The molecule has 1 aromatic carbocycles. The van der Waals surface area contributed by atoms with Crippen LogP contribution < -0.4 is 5.32 Å². The molecule has 114 valence electrons. The molecule has 1 heterocycles. The first kappa shape index (κ1) is 15.6. The van der Waals surface area contributed by atoms with Gasteiger partial charge in [-0.3, -0.25) is 4.68 Å². The molecule has 0 amide bonds. The SMILES string of the molecule is CCn1nc(C)cc1CC(NC)c1c(F)cc(F)cc1F. The maximum atomic E-state index is 13.9. The summed E-state index contributed by atoms with van der Waals surface area (Å²) in [7, 11) is 1.62. The molecular weight excluding hydrogens is 279 g/mol. The van der Waals surface area contributed by atoms with E-state index in [2.05, 4.69) is 10.4 Å². The first-order chi connectivity index (χ1) is 9.96. The molecule has 2 rings (SSSR count). The van der Waals surface area contributed by atoms with Crippen molar-refractivity contribution in [2.45, 2.75) is 32.9 Å². The average Bonchev–Trinajstić information content (AvgIpc) is 2.76. The van der Waals surface area contributed by atoms with Gasteiger partial charge in [0.25, 0.3) is 0 Å². The van der Waals surface area contributed by atoms with Gasteiger partial charge in [-0.2, -0.15) is 5.10 Å². The topological polar surface area (TPSA) is 29.9 Å². The van der Waals surface area contributed by atoms with Crippen LogP contribution in [0.3, 0.4) is 0 Å². The van der Waals surface area contributed by atoms with E-state index in [4.69, 9.17) is 0 Å². The van der Waals surface area contributed by atoms with Crippen molar-refractivity contribution in [3.63, 3.8) is 0 Å². The summed E-state index contributed by atoms with van der Waals surface area (Å²) in [5.41, 5.74) is 1.57. The van der Waals surface area contributed by atoms with E-state index in [9.17, 15) is 13.2 Å². The number of rotatable bonds is 5. The lowest BCUT2D eigenvalue weighted by atomic mass is 10.0. The van der Waals surface area contributed by atoms with Gasteiger partial charge in [-0.05, 0) is 27.0 Å². The number of aromatic nitrogens is 2. The number of hydrogen-bond acceptors (Lipinski definition) is 2. The lowest BCUT2D eigenvalue weighted by Crippen LogP contribution is -2.23. The summed E-state index contributed by atoms with van der Waals surface area (Å²) in [6, 6.07) is 2.69. The van der Waals surface area contributed by atoms with Crippen molar-refractivity contribution in [3.8, 4) is 0 Å². The number of likely N-dealkylation sites (N-methyl/N-ethyl adjacent to an activating group) is 1. The van der Waals surface area contributed by atoms with Gasteiger partial charge < -0.3 is 5.32 Å². The summed E-state index contributed by atoms with van der Waals surface area (Å²) in [6.45, 7) is 4.49. The Morgan fingerprint density at radius 1 is 1.19 bits per heavy atom.